The van der Waals surface area contributed by atoms with Crippen LogP contribution in [0.25, 0.3) is 11.1 Å². The highest BCUT2D eigenvalue weighted by Crippen LogP contribution is 2.35. The number of aryl methyl sites for hydroxylation is 1. The van der Waals surface area contributed by atoms with Gasteiger partial charge in [-0.05, 0) is 23.8 Å². The third-order valence-corrected chi connectivity index (χ3v) is 4.04. The number of nitrogens with two attached hydrogens (primary N) is 1. The monoisotopic (exact) mass is 392 g/mol. The summed E-state index contributed by atoms with van der Waals surface area (Å²) in [6.07, 6.45) is -1.45. The van der Waals surface area contributed by atoms with Gasteiger partial charge in [0.05, 0.1) is 0 Å². The molecule has 1 aromatic carbocycles. The Labute approximate surface area is 156 Å². The molecule has 0 unspecified atom stereocenters. The summed E-state index contributed by atoms with van der Waals surface area (Å²) in [5, 5.41) is 0. The fraction of sp³-hybridized carbons (Fsp3) is 0.167. The number of hydrogen-bond acceptors (Lipinski definition) is 4. The first-order valence-electron chi connectivity index (χ1n) is 8.00. The van der Waals surface area contributed by atoms with Gasteiger partial charge >= 0.3 is 6.18 Å². The molecule has 0 aliphatic carbocycles. The molecule has 0 saturated heterocycles. The fourth-order valence-corrected chi connectivity index (χ4v) is 2.58. The van der Waals surface area contributed by atoms with E-state index in [0.717, 1.165) is 6.07 Å². The Morgan fingerprint density at radius 2 is 1.96 bits per heavy atom. The van der Waals surface area contributed by atoms with Gasteiger partial charge in [-0.15, -0.1) is 0 Å². The second-order valence-electron chi connectivity index (χ2n) is 5.93. The van der Waals surface area contributed by atoms with Crippen molar-refractivity contribution in [2.75, 3.05) is 0 Å². The van der Waals surface area contributed by atoms with Crippen LogP contribution in [-0.4, -0.2) is 20.4 Å². The van der Waals surface area contributed by atoms with Gasteiger partial charge in [-0.1, -0.05) is 12.1 Å². The number of carbonyl (C=O) groups is 1. The molecule has 1 amide bonds. The SMILES string of the molecule is Cn1ccnc1COc1ccc(-c2cc(C(N)=O)c(=O)[nH]c2C(F)(F)F)cc1. The number of imidazole rings is 1. The average Bonchev–Trinajstić information content (AvgIpc) is 3.04. The number of aromatic nitrogens is 3. The molecule has 0 bridgehead atoms. The van der Waals surface area contributed by atoms with Crippen LogP contribution in [0.5, 0.6) is 5.75 Å². The largest absolute Gasteiger partial charge is 0.486 e. The highest BCUT2D eigenvalue weighted by molar-refractivity contribution is 5.93. The number of nitrogens with one attached hydrogen (secondary N) is 1. The van der Waals surface area contributed by atoms with Crippen molar-refractivity contribution in [3.8, 4) is 16.9 Å². The fourth-order valence-electron chi connectivity index (χ4n) is 2.58. The van der Waals surface area contributed by atoms with Crippen LogP contribution in [0.3, 0.4) is 0 Å². The number of carbonyl (C=O) groups excluding carboxylic acids is 1. The normalized spacial score (nSPS) is 11.4. The summed E-state index contributed by atoms with van der Waals surface area (Å²) in [6, 6.07) is 6.58. The average molecular weight is 392 g/mol. The second kappa shape index (κ2) is 7.22. The number of nitrogens with zero attached hydrogens (tertiary/aromatic N) is 2. The number of benzene rings is 1. The van der Waals surface area contributed by atoms with E-state index in [1.54, 1.807) is 29.0 Å². The lowest BCUT2D eigenvalue weighted by atomic mass is 10.0. The molecule has 2 heterocycles. The predicted octanol–water partition coefficient (Wildman–Crippen LogP) is 2.47. The Bertz CT molecular complexity index is 1070. The van der Waals surface area contributed by atoms with Crippen LogP contribution in [0.15, 0.2) is 47.5 Å². The molecule has 7 nitrogen and oxygen atoms in total. The van der Waals surface area contributed by atoms with Crippen molar-refractivity contribution in [3.63, 3.8) is 0 Å². The number of ether oxygens (including phenoxy) is 1. The van der Waals surface area contributed by atoms with Gasteiger partial charge in [0.15, 0.2) is 0 Å². The Balaban J connectivity index is 1.94. The van der Waals surface area contributed by atoms with E-state index >= 15 is 0 Å². The maximum absolute atomic E-state index is 13.3. The first-order chi connectivity index (χ1) is 13.2. The molecule has 3 aromatic rings. The van der Waals surface area contributed by atoms with E-state index in [4.69, 9.17) is 10.5 Å². The Morgan fingerprint density at radius 3 is 2.50 bits per heavy atom. The van der Waals surface area contributed by atoms with Crippen molar-refractivity contribution in [2.45, 2.75) is 12.8 Å². The van der Waals surface area contributed by atoms with Crippen LogP contribution in [0.4, 0.5) is 13.2 Å². The standard InChI is InChI=1S/C18H15F3N4O3/c1-25-7-6-23-14(25)9-28-11-4-2-10(3-5-11)12-8-13(16(22)26)17(27)24-15(12)18(19,20)21/h2-8H,9H2,1H3,(H2,22,26)(H,24,27). The topological polar surface area (TPSA) is 103 Å². The zero-order chi connectivity index (χ0) is 20.5. The Hall–Kier alpha value is -3.56. The van der Waals surface area contributed by atoms with Crippen molar-refractivity contribution >= 4 is 5.91 Å². The van der Waals surface area contributed by atoms with Crippen molar-refractivity contribution in [1.82, 2.24) is 14.5 Å². The van der Waals surface area contributed by atoms with E-state index in [0.29, 0.717) is 11.6 Å². The van der Waals surface area contributed by atoms with E-state index in [1.807, 2.05) is 0 Å². The van der Waals surface area contributed by atoms with Crippen molar-refractivity contribution < 1.29 is 22.7 Å². The lowest BCUT2D eigenvalue weighted by Crippen LogP contribution is -2.27. The van der Waals surface area contributed by atoms with Gasteiger partial charge in [0.1, 0.15) is 29.4 Å². The minimum Gasteiger partial charge on any atom is -0.486 e. The maximum Gasteiger partial charge on any atom is 0.431 e. The van der Waals surface area contributed by atoms with Gasteiger partial charge in [-0.3, -0.25) is 9.59 Å². The molecule has 0 aliphatic rings. The van der Waals surface area contributed by atoms with Crippen LogP contribution in [-0.2, 0) is 19.8 Å². The highest BCUT2D eigenvalue weighted by atomic mass is 19.4. The molecular formula is C18H15F3N4O3. The lowest BCUT2D eigenvalue weighted by molar-refractivity contribution is -0.140. The van der Waals surface area contributed by atoms with Crippen LogP contribution in [0, 0.1) is 0 Å². The predicted molar refractivity (Wildman–Crippen MR) is 93.6 cm³/mol. The van der Waals surface area contributed by atoms with Crippen LogP contribution in [0.2, 0.25) is 0 Å². The molecular weight excluding hydrogens is 377 g/mol. The second-order valence-corrected chi connectivity index (χ2v) is 5.93. The van der Waals surface area contributed by atoms with Gasteiger partial charge in [0.25, 0.3) is 11.5 Å². The minimum absolute atomic E-state index is 0.135. The summed E-state index contributed by atoms with van der Waals surface area (Å²) in [7, 11) is 1.81. The molecule has 0 spiro atoms. The summed E-state index contributed by atoms with van der Waals surface area (Å²) in [6.45, 7) is 0.182. The number of aromatic amines is 1. The minimum atomic E-state index is -4.82. The summed E-state index contributed by atoms with van der Waals surface area (Å²) in [5.41, 5.74) is 1.83. The molecule has 0 saturated carbocycles. The number of hydrogen-bond donors (Lipinski definition) is 2. The molecule has 10 heteroatoms. The number of amides is 1. The van der Waals surface area contributed by atoms with E-state index in [1.165, 1.54) is 24.3 Å². The molecule has 0 radical (unpaired) electrons. The Kier molecular flexibility index (Phi) is 4.95. The number of alkyl halides is 3. The van der Waals surface area contributed by atoms with Crippen molar-refractivity contribution in [3.05, 3.63) is 70.2 Å². The van der Waals surface area contributed by atoms with E-state index < -0.39 is 28.9 Å². The van der Waals surface area contributed by atoms with Crippen molar-refractivity contribution in [1.29, 1.82) is 0 Å². The van der Waals surface area contributed by atoms with Gasteiger partial charge in [0.2, 0.25) is 0 Å². The number of halogens is 3. The summed E-state index contributed by atoms with van der Waals surface area (Å²) < 4.78 is 47.3. The summed E-state index contributed by atoms with van der Waals surface area (Å²) >= 11 is 0. The Morgan fingerprint density at radius 1 is 1.29 bits per heavy atom. The quantitative estimate of drug-likeness (QED) is 0.696. The van der Waals surface area contributed by atoms with Gasteiger partial charge in [0, 0.05) is 25.0 Å². The number of primary amides is 1. The van der Waals surface area contributed by atoms with Crippen LogP contribution in [0.1, 0.15) is 21.9 Å². The third kappa shape index (κ3) is 3.90. The third-order valence-electron chi connectivity index (χ3n) is 4.04. The first kappa shape index (κ1) is 19.2. The molecule has 2 aromatic heterocycles. The maximum atomic E-state index is 13.3. The number of H-pyrrole nitrogens is 1. The highest BCUT2D eigenvalue weighted by Gasteiger charge is 2.36. The zero-order valence-electron chi connectivity index (χ0n) is 14.6. The molecule has 0 aliphatic heterocycles. The molecule has 3 rings (SSSR count). The molecule has 3 N–H and O–H groups in total. The van der Waals surface area contributed by atoms with Crippen LogP contribution < -0.4 is 16.0 Å². The molecule has 0 atom stereocenters. The van der Waals surface area contributed by atoms with Gasteiger partial charge < -0.3 is 20.0 Å². The van der Waals surface area contributed by atoms with E-state index in [9.17, 15) is 22.8 Å². The van der Waals surface area contributed by atoms with Crippen LogP contribution >= 0.6 is 0 Å². The van der Waals surface area contributed by atoms with Gasteiger partial charge in [-0.25, -0.2) is 4.98 Å². The van der Waals surface area contributed by atoms with E-state index in [-0.39, 0.29) is 17.7 Å². The zero-order valence-corrected chi connectivity index (χ0v) is 14.6. The molecule has 146 valence electrons. The van der Waals surface area contributed by atoms with Gasteiger partial charge in [-0.2, -0.15) is 13.2 Å². The summed E-state index contributed by atoms with van der Waals surface area (Å²) in [5.74, 6) is -0.0266. The molecule has 0 fully saturated rings. The van der Waals surface area contributed by atoms with Crippen molar-refractivity contribution in [2.24, 2.45) is 12.8 Å². The number of pyridine rings is 1. The first-order valence-corrected chi connectivity index (χ1v) is 8.00. The lowest BCUT2D eigenvalue weighted by Gasteiger charge is -2.14. The summed E-state index contributed by atoms with van der Waals surface area (Å²) in [4.78, 5) is 28.9. The molecule has 28 heavy (non-hydrogen) atoms. The number of rotatable bonds is 5. The van der Waals surface area contributed by atoms with E-state index in [2.05, 4.69) is 4.98 Å². The smallest absolute Gasteiger partial charge is 0.431 e.